The second-order valence-electron chi connectivity index (χ2n) is 5.35. The molecular weight excluding hydrogens is 220 g/mol. The highest BCUT2D eigenvalue weighted by molar-refractivity contribution is 5.82. The van der Waals surface area contributed by atoms with E-state index in [9.17, 15) is 0 Å². The largest absolute Gasteiger partial charge is 0.313 e. The van der Waals surface area contributed by atoms with Crippen LogP contribution in [0.15, 0.2) is 30.3 Å². The van der Waals surface area contributed by atoms with Gasteiger partial charge in [0.2, 0.25) is 0 Å². The third-order valence-electron chi connectivity index (χ3n) is 3.67. The van der Waals surface area contributed by atoms with Crippen molar-refractivity contribution in [3.8, 4) is 0 Å². The van der Waals surface area contributed by atoms with Gasteiger partial charge < -0.3 is 5.32 Å². The third-order valence-corrected chi connectivity index (χ3v) is 3.67. The first-order valence-corrected chi connectivity index (χ1v) is 6.89. The number of para-hydroxylation sites is 1. The zero-order chi connectivity index (χ0) is 12.4. The van der Waals surface area contributed by atoms with Crippen molar-refractivity contribution < 1.29 is 0 Å². The number of hydrogen-bond donors (Lipinski definition) is 1. The summed E-state index contributed by atoms with van der Waals surface area (Å²) in [5.41, 5.74) is 3.58. The van der Waals surface area contributed by atoms with E-state index in [4.69, 9.17) is 0 Å². The molecule has 1 aliphatic carbocycles. The van der Waals surface area contributed by atoms with Gasteiger partial charge in [0.15, 0.2) is 0 Å². The summed E-state index contributed by atoms with van der Waals surface area (Å²) < 4.78 is 0. The molecule has 2 heteroatoms. The van der Waals surface area contributed by atoms with E-state index in [2.05, 4.69) is 47.6 Å². The molecule has 2 nitrogen and oxygen atoms in total. The van der Waals surface area contributed by atoms with E-state index in [1.165, 1.54) is 30.2 Å². The van der Waals surface area contributed by atoms with Gasteiger partial charge in [-0.15, -0.1) is 0 Å². The number of fused-ring (bicyclic) bond motifs is 1. The van der Waals surface area contributed by atoms with Gasteiger partial charge >= 0.3 is 0 Å². The van der Waals surface area contributed by atoms with Crippen molar-refractivity contribution in [2.45, 2.75) is 32.7 Å². The van der Waals surface area contributed by atoms with Crippen LogP contribution in [0.25, 0.3) is 10.9 Å². The van der Waals surface area contributed by atoms with Gasteiger partial charge in [-0.3, -0.25) is 4.98 Å². The first-order chi connectivity index (χ1) is 8.83. The van der Waals surface area contributed by atoms with Crippen LogP contribution >= 0.6 is 0 Å². The lowest BCUT2D eigenvalue weighted by atomic mass is 10.1. The highest BCUT2D eigenvalue weighted by atomic mass is 14.8. The number of nitrogens with zero attached hydrogens (tertiary/aromatic N) is 1. The van der Waals surface area contributed by atoms with E-state index >= 15 is 0 Å². The van der Waals surface area contributed by atoms with E-state index in [1.54, 1.807) is 0 Å². The third kappa shape index (κ3) is 2.70. The van der Waals surface area contributed by atoms with Crippen molar-refractivity contribution in [2.24, 2.45) is 5.92 Å². The molecule has 18 heavy (non-hydrogen) atoms. The average Bonchev–Trinajstić information content (AvgIpc) is 3.18. The Kier molecular flexibility index (Phi) is 3.28. The van der Waals surface area contributed by atoms with Gasteiger partial charge in [0, 0.05) is 17.6 Å². The average molecular weight is 240 g/mol. The fourth-order valence-electron chi connectivity index (χ4n) is 2.48. The van der Waals surface area contributed by atoms with Crippen LogP contribution in [0.5, 0.6) is 0 Å². The van der Waals surface area contributed by atoms with Crippen molar-refractivity contribution in [2.75, 3.05) is 6.54 Å². The monoisotopic (exact) mass is 240 g/mol. The van der Waals surface area contributed by atoms with Gasteiger partial charge in [-0.1, -0.05) is 31.0 Å². The Bertz CT molecular complexity index is 544. The molecule has 1 N–H and O–H groups in total. The van der Waals surface area contributed by atoms with Crippen LogP contribution in [0, 0.1) is 12.8 Å². The Balaban J connectivity index is 1.72. The molecule has 0 spiro atoms. The summed E-state index contributed by atoms with van der Waals surface area (Å²) in [6.45, 7) is 4.16. The second kappa shape index (κ2) is 5.07. The van der Waals surface area contributed by atoms with Crippen molar-refractivity contribution in [1.29, 1.82) is 0 Å². The predicted octanol–water partition coefficient (Wildman–Crippen LogP) is 3.43. The molecule has 0 amide bonds. The highest BCUT2D eigenvalue weighted by Crippen LogP contribution is 2.31. The lowest BCUT2D eigenvalue weighted by Crippen LogP contribution is -2.15. The van der Waals surface area contributed by atoms with Gasteiger partial charge in [-0.2, -0.15) is 0 Å². The van der Waals surface area contributed by atoms with Crippen molar-refractivity contribution in [3.05, 3.63) is 41.6 Å². The molecule has 0 aliphatic heterocycles. The Hall–Kier alpha value is -1.41. The molecule has 2 aromatic rings. The summed E-state index contributed by atoms with van der Waals surface area (Å²) in [5.74, 6) is 1.01. The van der Waals surface area contributed by atoms with Gasteiger partial charge in [0.25, 0.3) is 0 Å². The molecule has 0 saturated heterocycles. The first-order valence-electron chi connectivity index (χ1n) is 6.89. The molecule has 3 rings (SSSR count). The maximum atomic E-state index is 4.57. The van der Waals surface area contributed by atoms with Gasteiger partial charge in [-0.25, -0.2) is 0 Å². The normalized spacial score (nSPS) is 15.2. The molecule has 1 heterocycles. The van der Waals surface area contributed by atoms with E-state index < -0.39 is 0 Å². The quantitative estimate of drug-likeness (QED) is 0.810. The summed E-state index contributed by atoms with van der Waals surface area (Å²) >= 11 is 0. The Morgan fingerprint density at radius 2 is 2.11 bits per heavy atom. The SMILES string of the molecule is Cc1cc(CNCCC2CC2)c2ccccc2n1. The summed E-state index contributed by atoms with van der Waals surface area (Å²) in [6, 6.07) is 10.6. The number of aryl methyl sites for hydroxylation is 1. The molecular formula is C16H20N2. The van der Waals surface area contributed by atoms with E-state index in [-0.39, 0.29) is 0 Å². The molecule has 0 unspecified atom stereocenters. The standard InChI is InChI=1S/C16H20N2/c1-12-10-14(11-17-9-8-13-6-7-13)15-4-2-3-5-16(15)18-12/h2-5,10,13,17H,6-9,11H2,1H3. The maximum Gasteiger partial charge on any atom is 0.0708 e. The Morgan fingerprint density at radius 1 is 1.28 bits per heavy atom. The summed E-state index contributed by atoms with van der Waals surface area (Å²) in [5, 5.41) is 4.84. The Labute approximate surface area is 108 Å². The molecule has 1 aromatic heterocycles. The highest BCUT2D eigenvalue weighted by Gasteiger charge is 2.19. The van der Waals surface area contributed by atoms with Crippen LogP contribution < -0.4 is 5.32 Å². The molecule has 0 radical (unpaired) electrons. The Morgan fingerprint density at radius 3 is 2.94 bits per heavy atom. The van der Waals surface area contributed by atoms with Crippen molar-refractivity contribution >= 4 is 10.9 Å². The van der Waals surface area contributed by atoms with Crippen LogP contribution in [0.3, 0.4) is 0 Å². The topological polar surface area (TPSA) is 24.9 Å². The number of benzene rings is 1. The number of rotatable bonds is 5. The van der Waals surface area contributed by atoms with Crippen LogP contribution in [0.1, 0.15) is 30.5 Å². The zero-order valence-electron chi connectivity index (χ0n) is 10.9. The summed E-state index contributed by atoms with van der Waals surface area (Å²) in [4.78, 5) is 4.57. The number of nitrogens with one attached hydrogen (secondary N) is 1. The summed E-state index contributed by atoms with van der Waals surface area (Å²) in [6.07, 6.45) is 4.22. The predicted molar refractivity (Wildman–Crippen MR) is 75.5 cm³/mol. The molecule has 0 bridgehead atoms. The van der Waals surface area contributed by atoms with Crippen LogP contribution in [0.2, 0.25) is 0 Å². The smallest absolute Gasteiger partial charge is 0.0708 e. The second-order valence-corrected chi connectivity index (χ2v) is 5.35. The lowest BCUT2D eigenvalue weighted by molar-refractivity contribution is 0.614. The fraction of sp³-hybridized carbons (Fsp3) is 0.438. The van der Waals surface area contributed by atoms with E-state index in [0.717, 1.165) is 30.2 Å². The summed E-state index contributed by atoms with van der Waals surface area (Å²) in [7, 11) is 0. The molecule has 1 aliphatic rings. The molecule has 94 valence electrons. The number of hydrogen-bond acceptors (Lipinski definition) is 2. The van der Waals surface area contributed by atoms with Crippen molar-refractivity contribution in [3.63, 3.8) is 0 Å². The molecule has 1 saturated carbocycles. The van der Waals surface area contributed by atoms with E-state index in [0.29, 0.717) is 0 Å². The van der Waals surface area contributed by atoms with Gasteiger partial charge in [0.05, 0.1) is 5.52 Å². The van der Waals surface area contributed by atoms with Gasteiger partial charge in [-0.05, 0) is 43.5 Å². The minimum Gasteiger partial charge on any atom is -0.313 e. The zero-order valence-corrected chi connectivity index (χ0v) is 10.9. The van der Waals surface area contributed by atoms with Gasteiger partial charge in [0.1, 0.15) is 0 Å². The lowest BCUT2D eigenvalue weighted by Gasteiger charge is -2.09. The minimum absolute atomic E-state index is 0.955. The first kappa shape index (κ1) is 11.7. The minimum atomic E-state index is 0.955. The van der Waals surface area contributed by atoms with Crippen LogP contribution in [-0.2, 0) is 6.54 Å². The maximum absolute atomic E-state index is 4.57. The van der Waals surface area contributed by atoms with Crippen LogP contribution in [-0.4, -0.2) is 11.5 Å². The number of pyridine rings is 1. The van der Waals surface area contributed by atoms with Crippen molar-refractivity contribution in [1.82, 2.24) is 10.3 Å². The fourth-order valence-corrected chi connectivity index (χ4v) is 2.48. The molecule has 0 atom stereocenters. The molecule has 1 fully saturated rings. The number of aromatic nitrogens is 1. The van der Waals surface area contributed by atoms with E-state index in [1.807, 2.05) is 0 Å². The molecule has 1 aromatic carbocycles. The van der Waals surface area contributed by atoms with Crippen LogP contribution in [0.4, 0.5) is 0 Å².